The predicted molar refractivity (Wildman–Crippen MR) is 92.7 cm³/mol. The average molecular weight is 346 g/mol. The number of halogens is 2. The lowest BCUT2D eigenvalue weighted by molar-refractivity contribution is 0.102. The van der Waals surface area contributed by atoms with E-state index >= 15 is 0 Å². The van der Waals surface area contributed by atoms with E-state index in [-0.39, 0.29) is 5.56 Å². The number of nitrogens with one attached hydrogen (secondary N) is 2. The first-order chi connectivity index (χ1) is 12.0. The van der Waals surface area contributed by atoms with Gasteiger partial charge in [0, 0.05) is 12.1 Å². The van der Waals surface area contributed by atoms with Gasteiger partial charge in [0.1, 0.15) is 23.3 Å². The van der Waals surface area contributed by atoms with Crippen LogP contribution in [0.1, 0.15) is 23.2 Å². The molecule has 1 saturated heterocycles. The minimum absolute atomic E-state index is 0.225. The number of piperidine rings is 1. The summed E-state index contributed by atoms with van der Waals surface area (Å²) >= 11 is 0. The molecule has 3 rings (SSSR count). The second-order valence-corrected chi connectivity index (χ2v) is 6.21. The summed E-state index contributed by atoms with van der Waals surface area (Å²) in [7, 11) is 2.10. The Bertz CT molecular complexity index is 760. The summed E-state index contributed by atoms with van der Waals surface area (Å²) in [6.45, 7) is 2.05. The van der Waals surface area contributed by atoms with E-state index in [0.29, 0.717) is 23.7 Å². The Kier molecular flexibility index (Phi) is 5.23. The van der Waals surface area contributed by atoms with Crippen molar-refractivity contribution >= 4 is 17.5 Å². The van der Waals surface area contributed by atoms with Gasteiger partial charge in [-0.2, -0.15) is 0 Å². The number of carbonyl (C=O) groups is 1. The molecule has 132 valence electrons. The highest BCUT2D eigenvalue weighted by molar-refractivity contribution is 6.04. The number of nitrogens with zero attached hydrogens (tertiary/aromatic N) is 2. The molecule has 25 heavy (non-hydrogen) atoms. The molecule has 0 radical (unpaired) electrons. The third-order valence-electron chi connectivity index (χ3n) is 4.24. The lowest BCUT2D eigenvalue weighted by Crippen LogP contribution is -2.36. The van der Waals surface area contributed by atoms with Crippen LogP contribution in [0.25, 0.3) is 0 Å². The van der Waals surface area contributed by atoms with Crippen LogP contribution in [0.15, 0.2) is 36.4 Å². The van der Waals surface area contributed by atoms with Crippen LogP contribution in [-0.2, 0) is 0 Å². The van der Waals surface area contributed by atoms with Crippen LogP contribution < -0.4 is 10.6 Å². The highest BCUT2D eigenvalue weighted by Gasteiger charge is 2.17. The summed E-state index contributed by atoms with van der Waals surface area (Å²) < 4.78 is 26.6. The van der Waals surface area contributed by atoms with Crippen molar-refractivity contribution < 1.29 is 13.6 Å². The molecule has 5 nitrogen and oxygen atoms in total. The van der Waals surface area contributed by atoms with E-state index in [2.05, 4.69) is 27.6 Å². The van der Waals surface area contributed by atoms with Gasteiger partial charge in [-0.05, 0) is 57.2 Å². The Morgan fingerprint density at radius 3 is 2.60 bits per heavy atom. The molecule has 1 aromatic carbocycles. The van der Waals surface area contributed by atoms with Gasteiger partial charge in [-0.15, -0.1) is 0 Å². The molecule has 0 aliphatic carbocycles. The number of pyridine rings is 1. The molecule has 1 aliphatic heterocycles. The number of hydrogen-bond donors (Lipinski definition) is 2. The van der Waals surface area contributed by atoms with Gasteiger partial charge in [0.05, 0.1) is 5.56 Å². The maximum atomic E-state index is 13.7. The zero-order chi connectivity index (χ0) is 17.8. The van der Waals surface area contributed by atoms with E-state index < -0.39 is 17.5 Å². The maximum absolute atomic E-state index is 13.7. The Labute approximate surface area is 145 Å². The van der Waals surface area contributed by atoms with Crippen molar-refractivity contribution in [2.45, 2.75) is 18.9 Å². The van der Waals surface area contributed by atoms with Crippen LogP contribution in [-0.4, -0.2) is 42.0 Å². The van der Waals surface area contributed by atoms with Crippen LogP contribution in [0, 0.1) is 11.6 Å². The zero-order valence-corrected chi connectivity index (χ0v) is 13.9. The van der Waals surface area contributed by atoms with Gasteiger partial charge in [-0.3, -0.25) is 4.79 Å². The fraction of sp³-hybridized carbons (Fsp3) is 0.333. The average Bonchev–Trinajstić information content (AvgIpc) is 2.57. The molecule has 0 saturated carbocycles. The number of anilines is 2. The van der Waals surface area contributed by atoms with Gasteiger partial charge in [-0.1, -0.05) is 6.07 Å². The second kappa shape index (κ2) is 7.57. The van der Waals surface area contributed by atoms with E-state index in [1.165, 1.54) is 0 Å². The standard InChI is InChI=1S/C18H20F2N4O/c1-24-9-7-13(8-10-24)21-16-3-2-4-17(22-16)23-18(25)14-6-5-12(19)11-15(14)20/h2-6,11,13H,7-10H2,1H3,(H2,21,22,23,25). The molecular formula is C18H20F2N4O. The highest BCUT2D eigenvalue weighted by atomic mass is 19.1. The van der Waals surface area contributed by atoms with Gasteiger partial charge in [0.15, 0.2) is 0 Å². The first-order valence-electron chi connectivity index (χ1n) is 8.20. The van der Waals surface area contributed by atoms with Crippen molar-refractivity contribution in [2.75, 3.05) is 30.8 Å². The Balaban J connectivity index is 1.66. The molecule has 1 aliphatic rings. The fourth-order valence-corrected chi connectivity index (χ4v) is 2.80. The Morgan fingerprint density at radius 2 is 1.88 bits per heavy atom. The molecular weight excluding hydrogens is 326 g/mol. The van der Waals surface area contributed by atoms with Crippen molar-refractivity contribution in [1.29, 1.82) is 0 Å². The summed E-state index contributed by atoms with van der Waals surface area (Å²) in [5.41, 5.74) is -0.225. The first kappa shape index (κ1) is 17.3. The summed E-state index contributed by atoms with van der Waals surface area (Å²) in [4.78, 5) is 18.8. The minimum atomic E-state index is -0.905. The molecule has 2 aromatic rings. The SMILES string of the molecule is CN1CCC(Nc2cccc(NC(=O)c3ccc(F)cc3F)n2)CC1. The number of carbonyl (C=O) groups excluding carboxylic acids is 1. The van der Waals surface area contributed by atoms with Gasteiger partial charge in [0.25, 0.3) is 5.91 Å². The van der Waals surface area contributed by atoms with Crippen molar-refractivity contribution in [3.8, 4) is 0 Å². The Morgan fingerprint density at radius 1 is 1.16 bits per heavy atom. The predicted octanol–water partition coefficient (Wildman–Crippen LogP) is 3.12. The van der Waals surface area contributed by atoms with Crippen molar-refractivity contribution in [2.24, 2.45) is 0 Å². The number of hydrogen-bond acceptors (Lipinski definition) is 4. The van der Waals surface area contributed by atoms with E-state index in [4.69, 9.17) is 0 Å². The molecule has 7 heteroatoms. The van der Waals surface area contributed by atoms with Crippen LogP contribution in [0.4, 0.5) is 20.4 Å². The van der Waals surface area contributed by atoms with E-state index in [0.717, 1.165) is 38.1 Å². The number of likely N-dealkylation sites (tertiary alicyclic amines) is 1. The molecule has 1 fully saturated rings. The van der Waals surface area contributed by atoms with Crippen LogP contribution in [0.5, 0.6) is 0 Å². The number of amides is 1. The van der Waals surface area contributed by atoms with Gasteiger partial charge in [0.2, 0.25) is 0 Å². The smallest absolute Gasteiger partial charge is 0.259 e. The number of aromatic nitrogens is 1. The van der Waals surface area contributed by atoms with Crippen molar-refractivity contribution in [1.82, 2.24) is 9.88 Å². The highest BCUT2D eigenvalue weighted by Crippen LogP contribution is 2.17. The van der Waals surface area contributed by atoms with Gasteiger partial charge in [-0.25, -0.2) is 13.8 Å². The van der Waals surface area contributed by atoms with E-state index in [9.17, 15) is 13.6 Å². The van der Waals surface area contributed by atoms with Crippen molar-refractivity contribution in [3.05, 3.63) is 53.6 Å². The molecule has 0 bridgehead atoms. The number of rotatable bonds is 4. The second-order valence-electron chi connectivity index (χ2n) is 6.21. The van der Waals surface area contributed by atoms with E-state index in [1.54, 1.807) is 12.1 Å². The van der Waals surface area contributed by atoms with Crippen LogP contribution in [0.2, 0.25) is 0 Å². The molecule has 0 unspecified atom stereocenters. The minimum Gasteiger partial charge on any atom is -0.367 e. The molecule has 2 heterocycles. The molecule has 0 spiro atoms. The lowest BCUT2D eigenvalue weighted by Gasteiger charge is -2.29. The molecule has 0 atom stereocenters. The first-order valence-corrected chi connectivity index (χ1v) is 8.20. The lowest BCUT2D eigenvalue weighted by atomic mass is 10.1. The quantitative estimate of drug-likeness (QED) is 0.893. The van der Waals surface area contributed by atoms with Gasteiger partial charge >= 0.3 is 0 Å². The van der Waals surface area contributed by atoms with Crippen LogP contribution in [0.3, 0.4) is 0 Å². The van der Waals surface area contributed by atoms with Crippen LogP contribution >= 0.6 is 0 Å². The van der Waals surface area contributed by atoms with Crippen molar-refractivity contribution in [3.63, 3.8) is 0 Å². The third-order valence-corrected chi connectivity index (χ3v) is 4.24. The largest absolute Gasteiger partial charge is 0.367 e. The normalized spacial score (nSPS) is 15.8. The zero-order valence-electron chi connectivity index (χ0n) is 13.9. The maximum Gasteiger partial charge on any atom is 0.259 e. The fourth-order valence-electron chi connectivity index (χ4n) is 2.80. The summed E-state index contributed by atoms with van der Waals surface area (Å²) in [6.07, 6.45) is 2.05. The topological polar surface area (TPSA) is 57.3 Å². The third kappa shape index (κ3) is 4.51. The summed E-state index contributed by atoms with van der Waals surface area (Å²) in [6, 6.07) is 8.39. The number of benzene rings is 1. The molecule has 2 N–H and O–H groups in total. The molecule has 1 aromatic heterocycles. The van der Waals surface area contributed by atoms with Gasteiger partial charge < -0.3 is 15.5 Å². The summed E-state index contributed by atoms with van der Waals surface area (Å²) in [5.74, 6) is -1.32. The summed E-state index contributed by atoms with van der Waals surface area (Å²) in [5, 5.41) is 5.90. The Hall–Kier alpha value is -2.54. The monoisotopic (exact) mass is 346 g/mol. The molecule has 1 amide bonds. The van der Waals surface area contributed by atoms with E-state index in [1.807, 2.05) is 6.07 Å².